The molecule has 3 rings (SSSR count). The zero-order chi connectivity index (χ0) is 17.8. The monoisotopic (exact) mass is 347 g/mol. The second-order valence-corrected chi connectivity index (χ2v) is 5.15. The minimum absolute atomic E-state index is 0.0604. The van der Waals surface area contributed by atoms with E-state index in [2.05, 4.69) is 15.3 Å². The Morgan fingerprint density at radius 3 is 2.88 bits per heavy atom. The molecule has 1 aliphatic rings. The van der Waals surface area contributed by atoms with Crippen LogP contribution in [0, 0.1) is 10.1 Å². The van der Waals surface area contributed by atoms with Gasteiger partial charge in [0.05, 0.1) is 11.5 Å². The van der Waals surface area contributed by atoms with Gasteiger partial charge in [0.1, 0.15) is 6.33 Å². The highest BCUT2D eigenvalue weighted by Crippen LogP contribution is 2.37. The van der Waals surface area contributed by atoms with Gasteiger partial charge in [-0.15, -0.1) is 0 Å². The third-order valence-corrected chi connectivity index (χ3v) is 3.67. The summed E-state index contributed by atoms with van der Waals surface area (Å²) in [5, 5.41) is 23.7. The first-order valence-corrected chi connectivity index (χ1v) is 7.66. The van der Waals surface area contributed by atoms with Crippen LogP contribution in [0.25, 0.3) is 0 Å². The van der Waals surface area contributed by atoms with Gasteiger partial charge in [-0.1, -0.05) is 0 Å². The first-order chi connectivity index (χ1) is 12.1. The number of benzene rings is 1. The lowest BCUT2D eigenvalue weighted by Crippen LogP contribution is -2.28. The van der Waals surface area contributed by atoms with Crippen LogP contribution in [0.3, 0.4) is 0 Å². The number of aliphatic hydroxyl groups is 1. The number of likely N-dealkylation sites (N-methyl/N-ethyl adjacent to an activating group) is 1. The standard InChI is InChI=1S/C15H17N5O5/c1-2-19(5-6-21)15-13(20(22)23)14(16-8-17-15)18-10-3-4-11-12(7-10)25-9-24-11/h3-4,7-8,21H,2,5-6,9H2,1H3,(H,16,17,18). The van der Waals surface area contributed by atoms with Crippen molar-refractivity contribution in [2.75, 3.05) is 36.7 Å². The topological polar surface area (TPSA) is 123 Å². The van der Waals surface area contributed by atoms with Gasteiger partial charge >= 0.3 is 5.69 Å². The average molecular weight is 347 g/mol. The lowest BCUT2D eigenvalue weighted by Gasteiger charge is -2.20. The van der Waals surface area contributed by atoms with Crippen LogP contribution in [-0.2, 0) is 0 Å². The predicted molar refractivity (Wildman–Crippen MR) is 89.5 cm³/mol. The van der Waals surface area contributed by atoms with Crippen LogP contribution < -0.4 is 19.7 Å². The number of rotatable bonds is 7. The molecule has 132 valence electrons. The number of nitro groups is 1. The molecule has 10 nitrogen and oxygen atoms in total. The molecule has 1 aromatic carbocycles. The van der Waals surface area contributed by atoms with Crippen molar-refractivity contribution in [3.63, 3.8) is 0 Å². The third-order valence-electron chi connectivity index (χ3n) is 3.67. The fraction of sp³-hybridized carbons (Fsp3) is 0.333. The first-order valence-electron chi connectivity index (χ1n) is 7.66. The van der Waals surface area contributed by atoms with Crippen molar-refractivity contribution in [2.24, 2.45) is 0 Å². The third kappa shape index (κ3) is 3.38. The normalized spacial score (nSPS) is 12.1. The molecular weight excluding hydrogens is 330 g/mol. The molecule has 25 heavy (non-hydrogen) atoms. The van der Waals surface area contributed by atoms with Gasteiger partial charge < -0.3 is 24.8 Å². The summed E-state index contributed by atoms with van der Waals surface area (Å²) in [6, 6.07) is 5.10. The summed E-state index contributed by atoms with van der Waals surface area (Å²) in [5.41, 5.74) is 0.317. The van der Waals surface area contributed by atoms with Gasteiger partial charge in [0.2, 0.25) is 18.4 Å². The Morgan fingerprint density at radius 2 is 2.16 bits per heavy atom. The molecule has 2 N–H and O–H groups in total. The molecule has 0 amide bonds. The van der Waals surface area contributed by atoms with Gasteiger partial charge in [0, 0.05) is 24.8 Å². The number of nitrogens with zero attached hydrogens (tertiary/aromatic N) is 4. The van der Waals surface area contributed by atoms with E-state index in [9.17, 15) is 10.1 Å². The predicted octanol–water partition coefficient (Wildman–Crippen LogP) is 1.68. The van der Waals surface area contributed by atoms with Crippen LogP contribution in [0.2, 0.25) is 0 Å². The smallest absolute Gasteiger partial charge is 0.353 e. The highest BCUT2D eigenvalue weighted by molar-refractivity contribution is 5.75. The first kappa shape index (κ1) is 16.7. The average Bonchev–Trinajstić information content (AvgIpc) is 3.07. The van der Waals surface area contributed by atoms with Crippen LogP contribution in [0.4, 0.5) is 23.0 Å². The fourth-order valence-electron chi connectivity index (χ4n) is 2.51. The Kier molecular flexibility index (Phi) is 4.80. The molecule has 0 atom stereocenters. The van der Waals surface area contributed by atoms with Gasteiger partial charge in [-0.2, -0.15) is 0 Å². The highest BCUT2D eigenvalue weighted by atomic mass is 16.7. The van der Waals surface area contributed by atoms with E-state index in [0.717, 1.165) is 0 Å². The summed E-state index contributed by atoms with van der Waals surface area (Å²) < 4.78 is 10.5. The van der Waals surface area contributed by atoms with E-state index < -0.39 is 4.92 Å². The zero-order valence-corrected chi connectivity index (χ0v) is 13.5. The number of fused-ring (bicyclic) bond motifs is 1. The maximum atomic E-state index is 11.6. The molecule has 0 saturated carbocycles. The minimum Gasteiger partial charge on any atom is -0.454 e. The zero-order valence-electron chi connectivity index (χ0n) is 13.5. The Bertz CT molecular complexity index is 785. The Balaban J connectivity index is 1.97. The number of hydrogen-bond donors (Lipinski definition) is 2. The second kappa shape index (κ2) is 7.18. The summed E-state index contributed by atoms with van der Waals surface area (Å²) in [6.07, 6.45) is 1.25. The molecule has 0 saturated heterocycles. The van der Waals surface area contributed by atoms with Crippen molar-refractivity contribution in [2.45, 2.75) is 6.92 Å². The highest BCUT2D eigenvalue weighted by Gasteiger charge is 2.26. The molecule has 0 aliphatic carbocycles. The summed E-state index contributed by atoms with van der Waals surface area (Å²) >= 11 is 0. The van der Waals surface area contributed by atoms with E-state index in [-0.39, 0.29) is 37.3 Å². The Hall–Kier alpha value is -3.14. The Labute approximate surface area is 143 Å². The van der Waals surface area contributed by atoms with E-state index in [1.807, 2.05) is 6.92 Å². The number of nitrogens with one attached hydrogen (secondary N) is 1. The van der Waals surface area contributed by atoms with Crippen molar-refractivity contribution < 1.29 is 19.5 Å². The van der Waals surface area contributed by atoms with Crippen molar-refractivity contribution in [1.82, 2.24) is 9.97 Å². The second-order valence-electron chi connectivity index (χ2n) is 5.15. The number of aromatic nitrogens is 2. The summed E-state index contributed by atoms with van der Waals surface area (Å²) in [5.74, 6) is 1.38. The number of anilines is 3. The lowest BCUT2D eigenvalue weighted by atomic mass is 10.2. The summed E-state index contributed by atoms with van der Waals surface area (Å²) in [7, 11) is 0. The van der Waals surface area contributed by atoms with Crippen LogP contribution >= 0.6 is 0 Å². The number of ether oxygens (including phenoxy) is 2. The number of hydrogen-bond acceptors (Lipinski definition) is 9. The number of aliphatic hydroxyl groups excluding tert-OH is 1. The molecule has 1 aliphatic heterocycles. The van der Waals surface area contributed by atoms with Gasteiger partial charge in [-0.05, 0) is 19.1 Å². The SMILES string of the molecule is CCN(CCO)c1ncnc(Nc2ccc3c(c2)OCO3)c1[N+](=O)[O-]. The van der Waals surface area contributed by atoms with Crippen molar-refractivity contribution in [1.29, 1.82) is 0 Å². The molecule has 1 aromatic heterocycles. The molecule has 0 spiro atoms. The van der Waals surface area contributed by atoms with Crippen LogP contribution in [0.1, 0.15) is 6.92 Å². The Morgan fingerprint density at radius 1 is 1.36 bits per heavy atom. The molecule has 0 radical (unpaired) electrons. The molecule has 0 fully saturated rings. The van der Waals surface area contributed by atoms with Crippen LogP contribution in [0.15, 0.2) is 24.5 Å². The van der Waals surface area contributed by atoms with Gasteiger partial charge in [0.25, 0.3) is 0 Å². The molecular formula is C15H17N5O5. The van der Waals surface area contributed by atoms with E-state index in [1.54, 1.807) is 23.1 Å². The maximum Gasteiger partial charge on any atom is 0.353 e. The largest absolute Gasteiger partial charge is 0.454 e. The van der Waals surface area contributed by atoms with Gasteiger partial charge in [-0.25, -0.2) is 9.97 Å². The molecule has 0 unspecified atom stereocenters. The van der Waals surface area contributed by atoms with E-state index in [1.165, 1.54) is 6.33 Å². The quantitative estimate of drug-likeness (QED) is 0.568. The van der Waals surface area contributed by atoms with E-state index in [0.29, 0.717) is 23.7 Å². The molecule has 2 heterocycles. The maximum absolute atomic E-state index is 11.6. The van der Waals surface area contributed by atoms with Gasteiger partial charge in [-0.3, -0.25) is 10.1 Å². The van der Waals surface area contributed by atoms with Gasteiger partial charge in [0.15, 0.2) is 11.5 Å². The van der Waals surface area contributed by atoms with Crippen LogP contribution in [0.5, 0.6) is 11.5 Å². The van der Waals surface area contributed by atoms with Crippen molar-refractivity contribution in [3.05, 3.63) is 34.6 Å². The van der Waals surface area contributed by atoms with Crippen molar-refractivity contribution in [3.8, 4) is 11.5 Å². The van der Waals surface area contributed by atoms with E-state index in [4.69, 9.17) is 14.6 Å². The minimum atomic E-state index is -0.537. The fourth-order valence-corrected chi connectivity index (χ4v) is 2.51. The summed E-state index contributed by atoms with van der Waals surface area (Å²) in [4.78, 5) is 20.7. The molecule has 0 bridgehead atoms. The molecule has 2 aromatic rings. The van der Waals surface area contributed by atoms with Crippen molar-refractivity contribution >= 4 is 23.0 Å². The van der Waals surface area contributed by atoms with Crippen LogP contribution in [-0.4, -0.2) is 46.5 Å². The summed E-state index contributed by atoms with van der Waals surface area (Å²) in [6.45, 7) is 2.52. The lowest BCUT2D eigenvalue weighted by molar-refractivity contribution is -0.383. The molecule has 10 heteroatoms. The van der Waals surface area contributed by atoms with E-state index >= 15 is 0 Å².